The standard InChI is InChI=1S/C21H16O3/c1-13-7-5-10-16(21(22)23-2)19(13)15-9-6-12-18-20(15)14-8-3-4-11-17(14)24-18/h3-12H,1-2H3. The smallest absolute Gasteiger partial charge is 0.338 e. The summed E-state index contributed by atoms with van der Waals surface area (Å²) in [5.41, 5.74) is 5.12. The minimum Gasteiger partial charge on any atom is -0.465 e. The van der Waals surface area contributed by atoms with Gasteiger partial charge >= 0.3 is 5.97 Å². The number of ether oxygens (including phenoxy) is 1. The molecule has 0 N–H and O–H groups in total. The van der Waals surface area contributed by atoms with Crippen molar-refractivity contribution >= 4 is 27.9 Å². The first-order chi connectivity index (χ1) is 11.7. The Morgan fingerprint density at radius 1 is 0.917 bits per heavy atom. The largest absolute Gasteiger partial charge is 0.465 e. The molecule has 0 amide bonds. The van der Waals surface area contributed by atoms with Crippen molar-refractivity contribution in [1.29, 1.82) is 0 Å². The SMILES string of the molecule is COC(=O)c1cccc(C)c1-c1cccc2oc3ccccc3c12. The number of fused-ring (bicyclic) bond motifs is 3. The maximum Gasteiger partial charge on any atom is 0.338 e. The maximum atomic E-state index is 12.3. The second-order valence-electron chi connectivity index (χ2n) is 5.77. The second kappa shape index (κ2) is 5.53. The van der Waals surface area contributed by atoms with Crippen molar-refractivity contribution in [2.45, 2.75) is 6.92 Å². The number of carbonyl (C=O) groups excluding carboxylic acids is 1. The monoisotopic (exact) mass is 316 g/mol. The Hall–Kier alpha value is -3.07. The van der Waals surface area contributed by atoms with Crippen molar-refractivity contribution in [2.24, 2.45) is 0 Å². The zero-order valence-corrected chi connectivity index (χ0v) is 13.5. The second-order valence-corrected chi connectivity index (χ2v) is 5.77. The predicted molar refractivity (Wildman–Crippen MR) is 95.2 cm³/mol. The summed E-state index contributed by atoms with van der Waals surface area (Å²) in [5.74, 6) is -0.335. The molecule has 3 heteroatoms. The Balaban J connectivity index is 2.14. The fourth-order valence-corrected chi connectivity index (χ4v) is 3.29. The molecule has 24 heavy (non-hydrogen) atoms. The van der Waals surface area contributed by atoms with E-state index in [0.717, 1.165) is 38.6 Å². The first kappa shape index (κ1) is 14.5. The van der Waals surface area contributed by atoms with Crippen LogP contribution in [0.2, 0.25) is 0 Å². The van der Waals surface area contributed by atoms with Gasteiger partial charge in [-0.15, -0.1) is 0 Å². The fraction of sp³-hybridized carbons (Fsp3) is 0.0952. The average Bonchev–Trinajstić information content (AvgIpc) is 2.99. The van der Waals surface area contributed by atoms with E-state index in [1.54, 1.807) is 6.07 Å². The van der Waals surface area contributed by atoms with E-state index >= 15 is 0 Å². The lowest BCUT2D eigenvalue weighted by Crippen LogP contribution is -2.04. The van der Waals surface area contributed by atoms with Gasteiger partial charge in [-0.1, -0.05) is 42.5 Å². The molecule has 3 nitrogen and oxygen atoms in total. The number of hydrogen-bond acceptors (Lipinski definition) is 3. The van der Waals surface area contributed by atoms with Gasteiger partial charge < -0.3 is 9.15 Å². The van der Waals surface area contributed by atoms with Crippen molar-refractivity contribution in [1.82, 2.24) is 0 Å². The molecule has 0 saturated heterocycles. The summed E-state index contributed by atoms with van der Waals surface area (Å²) >= 11 is 0. The molecule has 0 radical (unpaired) electrons. The zero-order valence-electron chi connectivity index (χ0n) is 13.5. The third-order valence-electron chi connectivity index (χ3n) is 4.35. The summed E-state index contributed by atoms with van der Waals surface area (Å²) < 4.78 is 10.9. The first-order valence-electron chi connectivity index (χ1n) is 7.79. The molecule has 0 unspecified atom stereocenters. The number of para-hydroxylation sites is 1. The molecule has 0 bridgehead atoms. The van der Waals surface area contributed by atoms with E-state index in [1.807, 2.05) is 61.5 Å². The molecular formula is C21H16O3. The number of esters is 1. The minimum absolute atomic E-state index is 0.335. The fourth-order valence-electron chi connectivity index (χ4n) is 3.29. The molecule has 1 heterocycles. The Kier molecular flexibility index (Phi) is 3.35. The van der Waals surface area contributed by atoms with Gasteiger partial charge in [0.15, 0.2) is 0 Å². The average molecular weight is 316 g/mol. The van der Waals surface area contributed by atoms with Crippen LogP contribution in [0.25, 0.3) is 33.1 Å². The number of methoxy groups -OCH3 is 1. The quantitative estimate of drug-likeness (QED) is 0.468. The molecule has 0 aliphatic carbocycles. The number of benzene rings is 3. The van der Waals surface area contributed by atoms with Crippen molar-refractivity contribution in [3.63, 3.8) is 0 Å². The summed E-state index contributed by atoms with van der Waals surface area (Å²) in [6, 6.07) is 19.6. The van der Waals surface area contributed by atoms with E-state index < -0.39 is 0 Å². The third kappa shape index (κ3) is 2.09. The van der Waals surface area contributed by atoms with E-state index in [-0.39, 0.29) is 5.97 Å². The molecule has 0 atom stereocenters. The van der Waals surface area contributed by atoms with E-state index in [0.29, 0.717) is 5.56 Å². The van der Waals surface area contributed by atoms with E-state index in [9.17, 15) is 4.79 Å². The lowest BCUT2D eigenvalue weighted by Gasteiger charge is -2.12. The van der Waals surface area contributed by atoms with Gasteiger partial charge in [-0.05, 0) is 41.8 Å². The van der Waals surface area contributed by atoms with Crippen molar-refractivity contribution in [3.05, 3.63) is 71.8 Å². The first-order valence-corrected chi connectivity index (χ1v) is 7.79. The van der Waals surface area contributed by atoms with E-state index in [2.05, 4.69) is 0 Å². The number of hydrogen-bond donors (Lipinski definition) is 0. The molecule has 1 aromatic heterocycles. The van der Waals surface area contributed by atoms with Crippen LogP contribution >= 0.6 is 0 Å². The van der Waals surface area contributed by atoms with Gasteiger partial charge in [0.25, 0.3) is 0 Å². The highest BCUT2D eigenvalue weighted by Gasteiger charge is 2.19. The van der Waals surface area contributed by atoms with Crippen LogP contribution in [-0.4, -0.2) is 13.1 Å². The van der Waals surface area contributed by atoms with Crippen LogP contribution in [0.15, 0.2) is 65.1 Å². The normalized spacial score (nSPS) is 11.1. The lowest BCUT2D eigenvalue weighted by molar-refractivity contribution is 0.0601. The molecule has 3 aromatic carbocycles. The van der Waals surface area contributed by atoms with Crippen LogP contribution in [0.5, 0.6) is 0 Å². The zero-order chi connectivity index (χ0) is 16.7. The number of furan rings is 1. The van der Waals surface area contributed by atoms with Crippen LogP contribution in [0.1, 0.15) is 15.9 Å². The summed E-state index contributed by atoms with van der Waals surface area (Å²) in [5, 5.41) is 2.06. The van der Waals surface area contributed by atoms with Gasteiger partial charge in [0.05, 0.1) is 12.7 Å². The molecule has 118 valence electrons. The summed E-state index contributed by atoms with van der Waals surface area (Å²) in [7, 11) is 1.41. The highest BCUT2D eigenvalue weighted by molar-refractivity contribution is 6.14. The van der Waals surface area contributed by atoms with Crippen LogP contribution in [0.4, 0.5) is 0 Å². The molecule has 0 aliphatic rings. The Bertz CT molecular complexity index is 1070. The van der Waals surface area contributed by atoms with Gasteiger partial charge in [-0.25, -0.2) is 4.79 Å². The van der Waals surface area contributed by atoms with Crippen molar-refractivity contribution in [2.75, 3.05) is 7.11 Å². The van der Waals surface area contributed by atoms with Crippen LogP contribution in [-0.2, 0) is 4.74 Å². The van der Waals surface area contributed by atoms with Crippen molar-refractivity contribution < 1.29 is 13.9 Å². The van der Waals surface area contributed by atoms with Gasteiger partial charge in [0.1, 0.15) is 11.2 Å². The Labute approximate surface area is 139 Å². The highest BCUT2D eigenvalue weighted by Crippen LogP contribution is 2.39. The summed E-state index contributed by atoms with van der Waals surface area (Å²) in [4.78, 5) is 12.3. The van der Waals surface area contributed by atoms with Gasteiger partial charge in [-0.2, -0.15) is 0 Å². The van der Waals surface area contributed by atoms with Gasteiger partial charge in [0.2, 0.25) is 0 Å². The van der Waals surface area contributed by atoms with Gasteiger partial charge in [-0.3, -0.25) is 0 Å². The molecule has 0 aliphatic heterocycles. The molecule has 0 fully saturated rings. The number of rotatable bonds is 2. The van der Waals surface area contributed by atoms with E-state index in [1.165, 1.54) is 7.11 Å². The highest BCUT2D eigenvalue weighted by atomic mass is 16.5. The Morgan fingerprint density at radius 3 is 2.50 bits per heavy atom. The van der Waals surface area contributed by atoms with Crippen LogP contribution in [0, 0.1) is 6.92 Å². The van der Waals surface area contributed by atoms with Crippen LogP contribution < -0.4 is 0 Å². The van der Waals surface area contributed by atoms with E-state index in [4.69, 9.17) is 9.15 Å². The predicted octanol–water partition coefficient (Wildman–Crippen LogP) is 5.35. The molecule has 0 saturated carbocycles. The van der Waals surface area contributed by atoms with Crippen LogP contribution in [0.3, 0.4) is 0 Å². The molecule has 0 spiro atoms. The van der Waals surface area contributed by atoms with Crippen molar-refractivity contribution in [3.8, 4) is 11.1 Å². The molecular weight excluding hydrogens is 300 g/mol. The lowest BCUT2D eigenvalue weighted by atomic mass is 9.92. The molecule has 4 aromatic rings. The summed E-state index contributed by atoms with van der Waals surface area (Å²) in [6.45, 7) is 2.00. The maximum absolute atomic E-state index is 12.3. The topological polar surface area (TPSA) is 39.4 Å². The minimum atomic E-state index is -0.335. The molecule has 4 rings (SSSR count). The third-order valence-corrected chi connectivity index (χ3v) is 4.35. The Morgan fingerprint density at radius 2 is 1.67 bits per heavy atom. The number of carbonyl (C=O) groups is 1. The number of aryl methyl sites for hydroxylation is 1. The van der Waals surface area contributed by atoms with Gasteiger partial charge in [0, 0.05) is 10.8 Å². The summed E-state index contributed by atoms with van der Waals surface area (Å²) in [6.07, 6.45) is 0.